The Hall–Kier alpha value is -4.30. The Bertz CT molecular complexity index is 1310. The molecule has 0 aliphatic carbocycles. The summed E-state index contributed by atoms with van der Waals surface area (Å²) in [4.78, 5) is 25.6. The minimum absolute atomic E-state index is 0.00774. The second-order valence-corrected chi connectivity index (χ2v) is 8.91. The van der Waals surface area contributed by atoms with E-state index < -0.39 is 0 Å². The minimum Gasteiger partial charge on any atom is -0.489 e. The van der Waals surface area contributed by atoms with Crippen molar-refractivity contribution in [3.8, 4) is 17.1 Å². The molecule has 1 unspecified atom stereocenters. The predicted octanol–water partition coefficient (Wildman–Crippen LogP) is 4.63. The number of piperazine rings is 1. The van der Waals surface area contributed by atoms with Gasteiger partial charge in [0.05, 0.1) is 6.04 Å². The highest BCUT2D eigenvalue weighted by atomic mass is 16.5. The van der Waals surface area contributed by atoms with Crippen LogP contribution in [0.25, 0.3) is 17.5 Å². The lowest BCUT2D eigenvalue weighted by Crippen LogP contribution is -2.48. The van der Waals surface area contributed by atoms with Crippen LogP contribution in [0.2, 0.25) is 0 Å². The first-order valence-corrected chi connectivity index (χ1v) is 12.4. The standard InChI is InChI=1S/C29H29N5O3/c1-22(29-31-28(32-37-29)25-7-3-2-4-8-25)33-16-18-34(19-17-33)27(35)14-11-23-9-12-26(13-10-23)36-21-24-6-5-15-30-20-24/h2-15,20,22H,16-19,21H2,1H3/b14-11+. The van der Waals surface area contributed by atoms with E-state index in [0.717, 1.165) is 35.5 Å². The largest absolute Gasteiger partial charge is 0.489 e. The first kappa shape index (κ1) is 24.4. The summed E-state index contributed by atoms with van der Waals surface area (Å²) in [7, 11) is 0. The van der Waals surface area contributed by atoms with Crippen molar-refractivity contribution >= 4 is 12.0 Å². The number of hydrogen-bond donors (Lipinski definition) is 0. The summed E-state index contributed by atoms with van der Waals surface area (Å²) in [6.07, 6.45) is 7.00. The van der Waals surface area contributed by atoms with E-state index in [9.17, 15) is 4.79 Å². The zero-order valence-corrected chi connectivity index (χ0v) is 20.7. The van der Waals surface area contributed by atoms with E-state index in [-0.39, 0.29) is 11.9 Å². The summed E-state index contributed by atoms with van der Waals surface area (Å²) < 4.78 is 11.3. The number of carbonyl (C=O) groups excluding carboxylic acids is 1. The van der Waals surface area contributed by atoms with Crippen LogP contribution in [0.3, 0.4) is 0 Å². The van der Waals surface area contributed by atoms with Crippen molar-refractivity contribution in [3.05, 3.63) is 102 Å². The van der Waals surface area contributed by atoms with Crippen LogP contribution in [0.5, 0.6) is 5.75 Å². The number of benzene rings is 2. The molecule has 2 aromatic heterocycles. The smallest absolute Gasteiger partial charge is 0.246 e. The van der Waals surface area contributed by atoms with Gasteiger partial charge in [-0.25, -0.2) is 0 Å². The van der Waals surface area contributed by atoms with Gasteiger partial charge in [-0.2, -0.15) is 4.98 Å². The van der Waals surface area contributed by atoms with Gasteiger partial charge >= 0.3 is 0 Å². The molecule has 2 aromatic carbocycles. The highest BCUT2D eigenvalue weighted by Gasteiger charge is 2.27. The quantitative estimate of drug-likeness (QED) is 0.330. The van der Waals surface area contributed by atoms with Gasteiger partial charge in [0.15, 0.2) is 0 Å². The molecule has 1 atom stereocenters. The van der Waals surface area contributed by atoms with E-state index >= 15 is 0 Å². The molecular formula is C29H29N5O3. The molecule has 0 radical (unpaired) electrons. The van der Waals surface area contributed by atoms with E-state index in [2.05, 4.69) is 26.9 Å². The molecule has 8 nitrogen and oxygen atoms in total. The molecule has 0 N–H and O–H groups in total. The Morgan fingerprint density at radius 3 is 2.54 bits per heavy atom. The van der Waals surface area contributed by atoms with Crippen molar-refractivity contribution in [2.24, 2.45) is 0 Å². The van der Waals surface area contributed by atoms with Crippen LogP contribution >= 0.6 is 0 Å². The number of amides is 1. The van der Waals surface area contributed by atoms with Crippen LogP contribution in [0, 0.1) is 0 Å². The second-order valence-electron chi connectivity index (χ2n) is 8.91. The lowest BCUT2D eigenvalue weighted by molar-refractivity contribution is -0.128. The topological polar surface area (TPSA) is 84.6 Å². The van der Waals surface area contributed by atoms with Crippen molar-refractivity contribution in [3.63, 3.8) is 0 Å². The minimum atomic E-state index is -0.0170. The van der Waals surface area contributed by atoms with E-state index in [1.54, 1.807) is 18.5 Å². The zero-order chi connectivity index (χ0) is 25.5. The fourth-order valence-corrected chi connectivity index (χ4v) is 4.19. The van der Waals surface area contributed by atoms with Crippen molar-refractivity contribution in [1.82, 2.24) is 24.9 Å². The molecule has 8 heteroatoms. The Kier molecular flexibility index (Phi) is 7.66. The molecule has 1 saturated heterocycles. The average molecular weight is 496 g/mol. The third-order valence-corrected chi connectivity index (χ3v) is 6.43. The Morgan fingerprint density at radius 2 is 1.81 bits per heavy atom. The molecule has 1 aliphatic heterocycles. The number of aromatic nitrogens is 3. The number of hydrogen-bond acceptors (Lipinski definition) is 7. The fraction of sp³-hybridized carbons (Fsp3) is 0.241. The Morgan fingerprint density at radius 1 is 1.03 bits per heavy atom. The molecule has 3 heterocycles. The molecular weight excluding hydrogens is 466 g/mol. The summed E-state index contributed by atoms with van der Waals surface area (Å²) in [5.41, 5.74) is 2.89. The van der Waals surface area contributed by atoms with Gasteiger partial charge in [0, 0.05) is 55.8 Å². The van der Waals surface area contributed by atoms with E-state index in [1.807, 2.05) is 77.7 Å². The zero-order valence-electron chi connectivity index (χ0n) is 20.7. The summed E-state index contributed by atoms with van der Waals surface area (Å²) in [6, 6.07) is 21.3. The van der Waals surface area contributed by atoms with Crippen LogP contribution in [0.4, 0.5) is 0 Å². The molecule has 188 valence electrons. The van der Waals surface area contributed by atoms with Crippen molar-refractivity contribution < 1.29 is 14.1 Å². The molecule has 0 spiro atoms. The highest BCUT2D eigenvalue weighted by Crippen LogP contribution is 2.23. The molecule has 0 saturated carbocycles. The molecule has 5 rings (SSSR count). The molecule has 0 bridgehead atoms. The SMILES string of the molecule is CC(c1nc(-c2ccccc2)no1)N1CCN(C(=O)/C=C/c2ccc(OCc3cccnc3)cc2)CC1. The maximum absolute atomic E-state index is 12.8. The summed E-state index contributed by atoms with van der Waals surface area (Å²) in [6.45, 7) is 5.30. The van der Waals surface area contributed by atoms with Gasteiger partial charge in [-0.05, 0) is 36.8 Å². The monoisotopic (exact) mass is 495 g/mol. The summed E-state index contributed by atoms with van der Waals surface area (Å²) in [5, 5.41) is 4.13. The Labute approximate surface area is 216 Å². The van der Waals surface area contributed by atoms with Gasteiger partial charge in [0.1, 0.15) is 12.4 Å². The van der Waals surface area contributed by atoms with E-state index in [1.165, 1.54) is 0 Å². The number of rotatable bonds is 8. The van der Waals surface area contributed by atoms with Gasteiger partial charge in [-0.1, -0.05) is 53.7 Å². The number of pyridine rings is 1. The van der Waals surface area contributed by atoms with Crippen LogP contribution in [-0.4, -0.2) is 57.0 Å². The van der Waals surface area contributed by atoms with E-state index in [0.29, 0.717) is 31.4 Å². The van der Waals surface area contributed by atoms with Gasteiger partial charge in [-0.3, -0.25) is 14.7 Å². The van der Waals surface area contributed by atoms with Crippen LogP contribution in [0.15, 0.2) is 89.7 Å². The molecule has 4 aromatic rings. The molecule has 1 amide bonds. The lowest BCUT2D eigenvalue weighted by Gasteiger charge is -2.36. The normalized spacial score (nSPS) is 15.1. The van der Waals surface area contributed by atoms with Crippen LogP contribution < -0.4 is 4.74 Å². The molecule has 1 fully saturated rings. The van der Waals surface area contributed by atoms with E-state index in [4.69, 9.17) is 9.26 Å². The lowest BCUT2D eigenvalue weighted by atomic mass is 10.2. The maximum atomic E-state index is 12.8. The number of carbonyl (C=O) groups is 1. The van der Waals surface area contributed by atoms with Crippen molar-refractivity contribution in [1.29, 1.82) is 0 Å². The van der Waals surface area contributed by atoms with Crippen LogP contribution in [0.1, 0.15) is 30.0 Å². The average Bonchev–Trinajstić information content (AvgIpc) is 3.47. The van der Waals surface area contributed by atoms with Gasteiger partial charge in [0.2, 0.25) is 17.6 Å². The number of nitrogens with zero attached hydrogens (tertiary/aromatic N) is 5. The van der Waals surface area contributed by atoms with Crippen LogP contribution in [-0.2, 0) is 11.4 Å². The molecule has 1 aliphatic rings. The predicted molar refractivity (Wildman–Crippen MR) is 140 cm³/mol. The van der Waals surface area contributed by atoms with Gasteiger partial charge in [-0.15, -0.1) is 0 Å². The number of ether oxygens (including phenoxy) is 1. The maximum Gasteiger partial charge on any atom is 0.246 e. The first-order valence-electron chi connectivity index (χ1n) is 12.4. The fourth-order valence-electron chi connectivity index (χ4n) is 4.19. The van der Waals surface area contributed by atoms with Crippen molar-refractivity contribution in [2.75, 3.05) is 26.2 Å². The Balaban J connectivity index is 1.09. The summed E-state index contributed by atoms with van der Waals surface area (Å²) in [5.74, 6) is 1.96. The third kappa shape index (κ3) is 6.29. The third-order valence-electron chi connectivity index (χ3n) is 6.43. The summed E-state index contributed by atoms with van der Waals surface area (Å²) >= 11 is 0. The van der Waals surface area contributed by atoms with Gasteiger partial charge in [0.25, 0.3) is 0 Å². The highest BCUT2D eigenvalue weighted by molar-refractivity contribution is 5.91. The first-order chi connectivity index (χ1) is 18.2. The molecule has 37 heavy (non-hydrogen) atoms. The van der Waals surface area contributed by atoms with Gasteiger partial charge < -0.3 is 14.2 Å². The van der Waals surface area contributed by atoms with Crippen molar-refractivity contribution in [2.45, 2.75) is 19.6 Å². The second kappa shape index (κ2) is 11.6.